The van der Waals surface area contributed by atoms with Gasteiger partial charge in [0.1, 0.15) is 5.75 Å². The average molecular weight is 320 g/mol. The second kappa shape index (κ2) is 6.66. The topological polar surface area (TPSA) is 49.8 Å². The Hall–Kier alpha value is -0.970. The van der Waals surface area contributed by atoms with E-state index >= 15 is 0 Å². The van der Waals surface area contributed by atoms with Gasteiger partial charge in [-0.15, -0.1) is 0 Å². The Morgan fingerprint density at radius 3 is 2.55 bits per heavy atom. The molecule has 0 saturated heterocycles. The molecule has 4 nitrogen and oxygen atoms in total. The van der Waals surface area contributed by atoms with Gasteiger partial charge in [-0.2, -0.15) is 0 Å². The van der Waals surface area contributed by atoms with Crippen LogP contribution in [0.15, 0.2) is 18.2 Å². The van der Waals surface area contributed by atoms with Crippen molar-refractivity contribution in [3.63, 3.8) is 0 Å². The van der Waals surface area contributed by atoms with E-state index in [0.29, 0.717) is 15.8 Å². The maximum absolute atomic E-state index is 12.1. The van der Waals surface area contributed by atoms with Gasteiger partial charge in [-0.3, -0.25) is 4.79 Å². The summed E-state index contributed by atoms with van der Waals surface area (Å²) in [4.78, 5) is 13.5. The van der Waals surface area contributed by atoms with Crippen molar-refractivity contribution < 1.29 is 14.6 Å². The molecule has 1 amide bonds. The number of nitrogens with zero attached hydrogens (tertiary/aromatic N) is 1. The van der Waals surface area contributed by atoms with Crippen molar-refractivity contribution in [3.8, 4) is 5.75 Å². The molecule has 0 heterocycles. The van der Waals surface area contributed by atoms with Crippen molar-refractivity contribution in [2.45, 2.75) is 32.5 Å². The summed E-state index contributed by atoms with van der Waals surface area (Å²) < 4.78 is 5.53. The Kier molecular flexibility index (Phi) is 5.68. The minimum atomic E-state index is -0.956. The molecule has 0 bridgehead atoms. The highest BCUT2D eigenvalue weighted by Gasteiger charge is 2.24. The SMILES string of the molecule is CC(Oc1ccc(Cl)cc1Cl)C(=O)N(C)CC(C)(C)O. The lowest BCUT2D eigenvalue weighted by Gasteiger charge is -2.28. The van der Waals surface area contributed by atoms with Gasteiger partial charge in [-0.1, -0.05) is 23.2 Å². The van der Waals surface area contributed by atoms with Crippen molar-refractivity contribution in [2.24, 2.45) is 0 Å². The van der Waals surface area contributed by atoms with Crippen LogP contribution in [0.4, 0.5) is 0 Å². The zero-order chi connectivity index (χ0) is 15.5. The van der Waals surface area contributed by atoms with E-state index in [1.54, 1.807) is 46.0 Å². The number of hydrogen-bond donors (Lipinski definition) is 1. The van der Waals surface area contributed by atoms with Gasteiger partial charge < -0.3 is 14.7 Å². The fourth-order valence-corrected chi connectivity index (χ4v) is 2.23. The molecule has 0 radical (unpaired) electrons. The quantitative estimate of drug-likeness (QED) is 0.907. The van der Waals surface area contributed by atoms with E-state index < -0.39 is 11.7 Å². The van der Waals surface area contributed by atoms with Crippen LogP contribution in [0, 0.1) is 0 Å². The summed E-state index contributed by atoms with van der Waals surface area (Å²) in [6.45, 7) is 5.12. The largest absolute Gasteiger partial charge is 0.479 e. The van der Waals surface area contributed by atoms with Crippen LogP contribution in [0.5, 0.6) is 5.75 Å². The average Bonchev–Trinajstić information content (AvgIpc) is 2.29. The molecule has 1 unspecified atom stereocenters. The lowest BCUT2D eigenvalue weighted by Crippen LogP contribution is -2.44. The third-order valence-electron chi connectivity index (χ3n) is 2.55. The predicted octanol–water partition coefficient (Wildman–Crippen LogP) is 2.99. The third-order valence-corrected chi connectivity index (χ3v) is 3.08. The van der Waals surface area contributed by atoms with Crippen molar-refractivity contribution >= 4 is 29.1 Å². The zero-order valence-electron chi connectivity index (χ0n) is 12.0. The number of aliphatic hydroxyl groups is 1. The van der Waals surface area contributed by atoms with Crippen LogP contribution in [-0.2, 0) is 4.79 Å². The van der Waals surface area contributed by atoms with Crippen LogP contribution < -0.4 is 4.74 Å². The molecule has 0 aliphatic carbocycles. The first-order valence-corrected chi connectivity index (χ1v) is 6.95. The van der Waals surface area contributed by atoms with Crippen LogP contribution >= 0.6 is 23.2 Å². The molecule has 1 aromatic carbocycles. The van der Waals surface area contributed by atoms with Crippen LogP contribution in [0.2, 0.25) is 10.0 Å². The number of halogens is 2. The van der Waals surface area contributed by atoms with Crippen molar-refractivity contribution in [2.75, 3.05) is 13.6 Å². The maximum atomic E-state index is 12.1. The van der Waals surface area contributed by atoms with Crippen molar-refractivity contribution in [3.05, 3.63) is 28.2 Å². The second-order valence-electron chi connectivity index (χ2n) is 5.34. The molecular weight excluding hydrogens is 301 g/mol. The van der Waals surface area contributed by atoms with Gasteiger partial charge in [0, 0.05) is 18.6 Å². The van der Waals surface area contributed by atoms with Crippen molar-refractivity contribution in [1.29, 1.82) is 0 Å². The van der Waals surface area contributed by atoms with Gasteiger partial charge in [0.2, 0.25) is 0 Å². The molecule has 1 atom stereocenters. The Morgan fingerprint density at radius 1 is 1.45 bits per heavy atom. The molecule has 0 saturated carbocycles. The molecule has 1 rings (SSSR count). The zero-order valence-corrected chi connectivity index (χ0v) is 13.5. The summed E-state index contributed by atoms with van der Waals surface area (Å²) in [6, 6.07) is 4.81. The molecule has 1 N–H and O–H groups in total. The number of rotatable bonds is 5. The molecule has 20 heavy (non-hydrogen) atoms. The molecule has 0 spiro atoms. The lowest BCUT2D eigenvalue weighted by molar-refractivity contribution is -0.139. The monoisotopic (exact) mass is 319 g/mol. The van der Waals surface area contributed by atoms with Gasteiger partial charge in [-0.25, -0.2) is 0 Å². The van der Waals surface area contributed by atoms with Gasteiger partial charge in [0.15, 0.2) is 6.10 Å². The minimum absolute atomic E-state index is 0.216. The van der Waals surface area contributed by atoms with Crippen LogP contribution in [0.3, 0.4) is 0 Å². The van der Waals surface area contributed by atoms with E-state index in [0.717, 1.165) is 0 Å². The molecule has 0 fully saturated rings. The van der Waals surface area contributed by atoms with Crippen LogP contribution in [-0.4, -0.2) is 41.2 Å². The fourth-order valence-electron chi connectivity index (χ4n) is 1.78. The van der Waals surface area contributed by atoms with E-state index in [1.165, 1.54) is 4.90 Å². The summed E-state index contributed by atoms with van der Waals surface area (Å²) in [5.41, 5.74) is -0.956. The fraction of sp³-hybridized carbons (Fsp3) is 0.500. The van der Waals surface area contributed by atoms with Crippen LogP contribution in [0.25, 0.3) is 0 Å². The van der Waals surface area contributed by atoms with E-state index in [-0.39, 0.29) is 12.5 Å². The number of likely N-dealkylation sites (N-methyl/N-ethyl adjacent to an activating group) is 1. The highest BCUT2D eigenvalue weighted by molar-refractivity contribution is 6.35. The molecule has 0 aromatic heterocycles. The standard InChI is InChI=1S/C14H19Cl2NO3/c1-9(13(18)17(4)8-14(2,3)19)20-12-6-5-10(15)7-11(12)16/h5-7,9,19H,8H2,1-4H3. The smallest absolute Gasteiger partial charge is 0.263 e. The number of ether oxygens (including phenoxy) is 1. The maximum Gasteiger partial charge on any atom is 0.263 e. The van der Waals surface area contributed by atoms with E-state index in [9.17, 15) is 9.90 Å². The lowest BCUT2D eigenvalue weighted by atomic mass is 10.1. The van der Waals surface area contributed by atoms with Gasteiger partial charge in [0.25, 0.3) is 5.91 Å². The number of hydrogen-bond acceptors (Lipinski definition) is 3. The highest BCUT2D eigenvalue weighted by atomic mass is 35.5. The van der Waals surface area contributed by atoms with Gasteiger partial charge >= 0.3 is 0 Å². The number of carbonyl (C=O) groups excluding carboxylic acids is 1. The van der Waals surface area contributed by atoms with Crippen molar-refractivity contribution in [1.82, 2.24) is 4.90 Å². The normalized spacial score (nSPS) is 12.9. The molecular formula is C14H19Cl2NO3. The van der Waals surface area contributed by atoms with Crippen LogP contribution in [0.1, 0.15) is 20.8 Å². The Bertz CT molecular complexity index is 486. The first kappa shape index (κ1) is 17.1. The van der Waals surface area contributed by atoms with E-state index in [4.69, 9.17) is 27.9 Å². The minimum Gasteiger partial charge on any atom is -0.479 e. The molecule has 112 valence electrons. The molecule has 6 heteroatoms. The summed E-state index contributed by atoms with van der Waals surface area (Å²) in [5, 5.41) is 10.6. The number of amides is 1. The first-order valence-electron chi connectivity index (χ1n) is 6.19. The second-order valence-corrected chi connectivity index (χ2v) is 6.19. The van der Waals surface area contributed by atoms with Gasteiger partial charge in [0.05, 0.1) is 10.6 Å². The van der Waals surface area contributed by atoms with Gasteiger partial charge in [-0.05, 0) is 39.0 Å². The summed E-state index contributed by atoms with van der Waals surface area (Å²) in [7, 11) is 1.61. The Balaban J connectivity index is 2.70. The molecule has 0 aliphatic rings. The molecule has 0 aliphatic heterocycles. The Labute approximate surface area is 129 Å². The summed E-state index contributed by atoms with van der Waals surface area (Å²) >= 11 is 11.8. The summed E-state index contributed by atoms with van der Waals surface area (Å²) in [5.74, 6) is 0.159. The highest BCUT2D eigenvalue weighted by Crippen LogP contribution is 2.28. The molecule has 1 aromatic rings. The Morgan fingerprint density at radius 2 is 2.05 bits per heavy atom. The van der Waals surface area contributed by atoms with E-state index in [1.807, 2.05) is 0 Å². The van der Waals surface area contributed by atoms with E-state index in [2.05, 4.69) is 0 Å². The third kappa shape index (κ3) is 5.19. The number of carbonyl (C=O) groups is 1. The summed E-state index contributed by atoms with van der Waals surface area (Å²) in [6.07, 6.45) is -0.707. The first-order chi connectivity index (χ1) is 9.10. The predicted molar refractivity (Wildman–Crippen MR) is 80.5 cm³/mol. The number of benzene rings is 1.